The number of likely N-dealkylation sites (tertiary alicyclic amines) is 1. The highest BCUT2D eigenvalue weighted by atomic mass is 16.5. The predicted octanol–water partition coefficient (Wildman–Crippen LogP) is 3.71. The van der Waals surface area contributed by atoms with Crippen LogP contribution in [0.2, 0.25) is 0 Å². The van der Waals surface area contributed by atoms with Gasteiger partial charge >= 0.3 is 0 Å². The lowest BCUT2D eigenvalue weighted by Crippen LogP contribution is -2.27. The summed E-state index contributed by atoms with van der Waals surface area (Å²) in [6, 6.07) is 12.2. The Hall–Kier alpha value is -2.13. The molecule has 0 spiro atoms. The maximum Gasteiger partial charge on any atom is 0.153 e. The molecule has 1 saturated heterocycles. The first-order valence-corrected chi connectivity index (χ1v) is 7.46. The lowest BCUT2D eigenvalue weighted by Gasteiger charge is -2.29. The van der Waals surface area contributed by atoms with Crippen LogP contribution in [0.15, 0.2) is 48.2 Å². The summed E-state index contributed by atoms with van der Waals surface area (Å²) in [7, 11) is 2.19. The van der Waals surface area contributed by atoms with Crippen molar-refractivity contribution in [2.24, 2.45) is 0 Å². The van der Waals surface area contributed by atoms with Crippen LogP contribution in [0.25, 0.3) is 5.57 Å². The number of ether oxygens (including phenoxy) is 1. The molecule has 1 fully saturated rings. The molecule has 0 radical (unpaired) electrons. The molecule has 2 aliphatic rings. The number of rotatable bonds is 0. The lowest BCUT2D eigenvalue weighted by atomic mass is 9.89. The molecule has 2 aliphatic heterocycles. The minimum atomic E-state index is 0.873. The maximum absolute atomic E-state index is 6.01. The van der Waals surface area contributed by atoms with Crippen LogP contribution in [0.1, 0.15) is 24.1 Å². The van der Waals surface area contributed by atoms with E-state index < -0.39 is 0 Å². The minimum absolute atomic E-state index is 0.873. The number of hydrogen-bond acceptors (Lipinski definition) is 3. The molecular weight excluding hydrogens is 260 g/mol. The fraction of sp³-hybridized carbons (Fsp3) is 0.278. The molecule has 0 bridgehead atoms. The zero-order valence-corrected chi connectivity index (χ0v) is 12.2. The Labute approximate surface area is 124 Å². The number of aromatic nitrogens is 1. The van der Waals surface area contributed by atoms with Crippen molar-refractivity contribution in [2.75, 3.05) is 20.1 Å². The molecular formula is C18H18N2O. The quantitative estimate of drug-likeness (QED) is 0.626. The van der Waals surface area contributed by atoms with Gasteiger partial charge in [0.05, 0.1) is 0 Å². The van der Waals surface area contributed by atoms with Gasteiger partial charge in [-0.25, -0.2) is 0 Å². The van der Waals surface area contributed by atoms with Gasteiger partial charge in [-0.2, -0.15) is 0 Å². The molecule has 1 aromatic carbocycles. The van der Waals surface area contributed by atoms with Crippen LogP contribution in [0, 0.1) is 0 Å². The Morgan fingerprint density at radius 2 is 1.76 bits per heavy atom. The molecule has 0 unspecified atom stereocenters. The van der Waals surface area contributed by atoms with E-state index in [4.69, 9.17) is 4.74 Å². The van der Waals surface area contributed by atoms with E-state index in [0.29, 0.717) is 0 Å². The Bertz CT molecular complexity index is 663. The Kier molecular flexibility index (Phi) is 3.00. The van der Waals surface area contributed by atoms with E-state index in [1.165, 1.54) is 16.7 Å². The second-order valence-electron chi connectivity index (χ2n) is 5.73. The average Bonchev–Trinajstić information content (AvgIpc) is 2.53. The SMILES string of the molecule is CN1CCC(=C2c3ccccc3Oc3cccnc32)CC1. The number of benzene rings is 1. The summed E-state index contributed by atoms with van der Waals surface area (Å²) in [5.74, 6) is 1.82. The summed E-state index contributed by atoms with van der Waals surface area (Å²) in [5.41, 5.74) is 4.98. The molecule has 3 heterocycles. The average molecular weight is 278 g/mol. The van der Waals surface area contributed by atoms with Crippen LogP contribution in [0.3, 0.4) is 0 Å². The fourth-order valence-electron chi connectivity index (χ4n) is 3.17. The number of nitrogens with zero attached hydrogens (tertiary/aromatic N) is 2. The minimum Gasteiger partial charge on any atom is -0.454 e. The molecule has 3 heteroatoms. The Morgan fingerprint density at radius 3 is 2.62 bits per heavy atom. The summed E-state index contributed by atoms with van der Waals surface area (Å²) in [5, 5.41) is 0. The van der Waals surface area contributed by atoms with E-state index in [9.17, 15) is 0 Å². The zero-order valence-electron chi connectivity index (χ0n) is 12.2. The van der Waals surface area contributed by atoms with Crippen molar-refractivity contribution in [3.8, 4) is 11.5 Å². The number of fused-ring (bicyclic) bond motifs is 2. The van der Waals surface area contributed by atoms with Gasteiger partial charge in [0.25, 0.3) is 0 Å². The first-order valence-electron chi connectivity index (χ1n) is 7.46. The van der Waals surface area contributed by atoms with E-state index in [1.807, 2.05) is 30.5 Å². The largest absolute Gasteiger partial charge is 0.454 e. The summed E-state index contributed by atoms with van der Waals surface area (Å²) in [6.07, 6.45) is 4.07. The number of para-hydroxylation sites is 1. The van der Waals surface area contributed by atoms with E-state index in [2.05, 4.69) is 29.1 Å². The van der Waals surface area contributed by atoms with Crippen LogP contribution in [0.4, 0.5) is 0 Å². The van der Waals surface area contributed by atoms with Crippen molar-refractivity contribution >= 4 is 5.57 Å². The highest BCUT2D eigenvalue weighted by Crippen LogP contribution is 2.45. The molecule has 106 valence electrons. The summed E-state index contributed by atoms with van der Waals surface area (Å²) < 4.78 is 6.01. The van der Waals surface area contributed by atoms with Gasteiger partial charge in [0, 0.05) is 30.4 Å². The molecule has 0 aliphatic carbocycles. The number of pyridine rings is 1. The van der Waals surface area contributed by atoms with Gasteiger partial charge in [-0.3, -0.25) is 4.98 Å². The topological polar surface area (TPSA) is 25.4 Å². The lowest BCUT2D eigenvalue weighted by molar-refractivity contribution is 0.313. The van der Waals surface area contributed by atoms with Crippen molar-refractivity contribution in [2.45, 2.75) is 12.8 Å². The first kappa shape index (κ1) is 12.6. The van der Waals surface area contributed by atoms with Crippen LogP contribution < -0.4 is 4.74 Å². The number of piperidine rings is 1. The monoisotopic (exact) mass is 278 g/mol. The van der Waals surface area contributed by atoms with Crippen molar-refractivity contribution in [3.63, 3.8) is 0 Å². The smallest absolute Gasteiger partial charge is 0.153 e. The fourth-order valence-corrected chi connectivity index (χ4v) is 3.17. The third kappa shape index (κ3) is 2.14. The van der Waals surface area contributed by atoms with Gasteiger partial charge in [0.2, 0.25) is 0 Å². The van der Waals surface area contributed by atoms with Crippen molar-refractivity contribution < 1.29 is 4.74 Å². The van der Waals surface area contributed by atoms with Gasteiger partial charge in [0.15, 0.2) is 5.75 Å². The van der Waals surface area contributed by atoms with E-state index in [1.54, 1.807) is 0 Å². The van der Waals surface area contributed by atoms with E-state index in [-0.39, 0.29) is 0 Å². The maximum atomic E-state index is 6.01. The van der Waals surface area contributed by atoms with E-state index >= 15 is 0 Å². The first-order chi connectivity index (χ1) is 10.3. The molecule has 0 saturated carbocycles. The summed E-state index contributed by atoms with van der Waals surface area (Å²) >= 11 is 0. The van der Waals surface area contributed by atoms with Crippen molar-refractivity contribution in [1.82, 2.24) is 9.88 Å². The normalized spacial score (nSPS) is 18.0. The van der Waals surface area contributed by atoms with Crippen molar-refractivity contribution in [1.29, 1.82) is 0 Å². The van der Waals surface area contributed by atoms with Crippen LogP contribution in [-0.4, -0.2) is 30.0 Å². The van der Waals surface area contributed by atoms with Gasteiger partial charge in [0.1, 0.15) is 11.4 Å². The molecule has 21 heavy (non-hydrogen) atoms. The molecule has 4 rings (SSSR count). The Morgan fingerprint density at radius 1 is 1.00 bits per heavy atom. The van der Waals surface area contributed by atoms with Gasteiger partial charge in [-0.15, -0.1) is 0 Å². The summed E-state index contributed by atoms with van der Waals surface area (Å²) in [4.78, 5) is 6.98. The van der Waals surface area contributed by atoms with Crippen LogP contribution in [-0.2, 0) is 0 Å². The standard InChI is InChI=1S/C18H18N2O/c1-20-11-8-13(9-12-20)17-14-5-2-3-6-15(14)21-16-7-4-10-19-18(16)17/h2-7,10H,8-9,11-12H2,1H3. The highest BCUT2D eigenvalue weighted by molar-refractivity contribution is 5.88. The molecule has 1 aromatic heterocycles. The molecule has 0 amide bonds. The van der Waals surface area contributed by atoms with Crippen LogP contribution >= 0.6 is 0 Å². The molecule has 2 aromatic rings. The van der Waals surface area contributed by atoms with Gasteiger partial charge < -0.3 is 9.64 Å². The van der Waals surface area contributed by atoms with Gasteiger partial charge in [-0.1, -0.05) is 23.8 Å². The summed E-state index contributed by atoms with van der Waals surface area (Å²) in [6.45, 7) is 2.23. The second kappa shape index (κ2) is 5.01. The molecule has 3 nitrogen and oxygen atoms in total. The van der Waals surface area contributed by atoms with Crippen LogP contribution in [0.5, 0.6) is 11.5 Å². The van der Waals surface area contributed by atoms with E-state index in [0.717, 1.165) is 43.1 Å². The number of hydrogen-bond donors (Lipinski definition) is 0. The van der Waals surface area contributed by atoms with Gasteiger partial charge in [-0.05, 0) is 38.1 Å². The highest BCUT2D eigenvalue weighted by Gasteiger charge is 2.26. The third-order valence-corrected chi connectivity index (χ3v) is 4.33. The molecule has 0 atom stereocenters. The van der Waals surface area contributed by atoms with Crippen molar-refractivity contribution in [3.05, 3.63) is 59.4 Å². The second-order valence-corrected chi connectivity index (χ2v) is 5.73. The third-order valence-electron chi connectivity index (χ3n) is 4.33. The zero-order chi connectivity index (χ0) is 14.2. The predicted molar refractivity (Wildman–Crippen MR) is 83.5 cm³/mol. The Balaban J connectivity index is 1.92. The molecule has 0 N–H and O–H groups in total.